The molecule has 7 heteroatoms. The third kappa shape index (κ3) is 5.53. The maximum absolute atomic E-state index is 12.0. The molecule has 0 radical (unpaired) electrons. The van der Waals surface area contributed by atoms with E-state index in [1.54, 1.807) is 17.0 Å². The first-order valence-electron chi connectivity index (χ1n) is 7.91. The van der Waals surface area contributed by atoms with Crippen LogP contribution in [0.1, 0.15) is 32.8 Å². The van der Waals surface area contributed by atoms with Crippen molar-refractivity contribution in [2.75, 3.05) is 13.1 Å². The maximum Gasteiger partial charge on any atom is 0.488 e. The van der Waals surface area contributed by atoms with E-state index in [0.717, 1.165) is 12.0 Å². The van der Waals surface area contributed by atoms with Crippen LogP contribution in [0.4, 0.5) is 4.79 Å². The molecule has 0 spiro atoms. The van der Waals surface area contributed by atoms with Gasteiger partial charge >= 0.3 is 13.2 Å². The van der Waals surface area contributed by atoms with Crippen molar-refractivity contribution in [3.05, 3.63) is 29.8 Å². The van der Waals surface area contributed by atoms with Gasteiger partial charge in [0.15, 0.2) is 0 Å². The van der Waals surface area contributed by atoms with Crippen LogP contribution in [0.5, 0.6) is 0 Å². The SMILES string of the molecule is CC(C)(C)OC(=O)N1CCC(NCc2ccc(B(O)O)cc2)C1. The smallest absolute Gasteiger partial charge is 0.444 e. The van der Waals surface area contributed by atoms with Crippen molar-refractivity contribution in [1.82, 2.24) is 10.2 Å². The highest BCUT2D eigenvalue weighted by Crippen LogP contribution is 2.15. The summed E-state index contributed by atoms with van der Waals surface area (Å²) in [5, 5.41) is 21.6. The van der Waals surface area contributed by atoms with E-state index in [0.29, 0.717) is 25.1 Å². The summed E-state index contributed by atoms with van der Waals surface area (Å²) in [5.74, 6) is 0. The summed E-state index contributed by atoms with van der Waals surface area (Å²) in [7, 11) is -1.44. The van der Waals surface area contributed by atoms with E-state index in [1.165, 1.54) is 0 Å². The quantitative estimate of drug-likeness (QED) is 0.703. The number of benzene rings is 1. The highest BCUT2D eigenvalue weighted by atomic mass is 16.6. The largest absolute Gasteiger partial charge is 0.488 e. The fourth-order valence-corrected chi connectivity index (χ4v) is 2.49. The zero-order valence-electron chi connectivity index (χ0n) is 14.0. The van der Waals surface area contributed by atoms with Crippen LogP contribution in [0.2, 0.25) is 0 Å². The molecule has 23 heavy (non-hydrogen) atoms. The van der Waals surface area contributed by atoms with Crippen molar-refractivity contribution >= 4 is 18.7 Å². The van der Waals surface area contributed by atoms with Crippen LogP contribution in [0, 0.1) is 0 Å². The van der Waals surface area contributed by atoms with Crippen molar-refractivity contribution in [2.24, 2.45) is 0 Å². The second kappa shape index (κ2) is 7.34. The Labute approximate surface area is 137 Å². The van der Waals surface area contributed by atoms with Crippen LogP contribution >= 0.6 is 0 Å². The van der Waals surface area contributed by atoms with Crippen molar-refractivity contribution < 1.29 is 19.6 Å². The number of nitrogens with one attached hydrogen (secondary N) is 1. The predicted octanol–water partition coefficient (Wildman–Crippen LogP) is 0.465. The Balaban J connectivity index is 1.78. The predicted molar refractivity (Wildman–Crippen MR) is 89.3 cm³/mol. The lowest BCUT2D eigenvalue weighted by Crippen LogP contribution is -2.38. The number of rotatable bonds is 4. The Morgan fingerprint density at radius 2 is 2.00 bits per heavy atom. The van der Waals surface area contributed by atoms with Crippen molar-refractivity contribution in [3.63, 3.8) is 0 Å². The summed E-state index contributed by atoms with van der Waals surface area (Å²) in [6.45, 7) is 7.61. The van der Waals surface area contributed by atoms with E-state index in [9.17, 15) is 4.79 Å². The van der Waals surface area contributed by atoms with Crippen molar-refractivity contribution in [3.8, 4) is 0 Å². The number of hydrogen-bond donors (Lipinski definition) is 3. The van der Waals surface area contributed by atoms with Crippen LogP contribution in [-0.2, 0) is 11.3 Å². The summed E-state index contributed by atoms with van der Waals surface area (Å²) in [5.41, 5.74) is 1.07. The number of nitrogens with zero attached hydrogens (tertiary/aromatic N) is 1. The molecule has 1 aliphatic rings. The first-order valence-corrected chi connectivity index (χ1v) is 7.91. The van der Waals surface area contributed by atoms with Crippen LogP contribution in [0.25, 0.3) is 0 Å². The molecule has 3 N–H and O–H groups in total. The summed E-state index contributed by atoms with van der Waals surface area (Å²) >= 11 is 0. The second-order valence-electron chi connectivity index (χ2n) is 6.91. The van der Waals surface area contributed by atoms with E-state index >= 15 is 0 Å². The molecule has 1 fully saturated rings. The Morgan fingerprint density at radius 1 is 1.35 bits per heavy atom. The molecule has 1 atom stereocenters. The van der Waals surface area contributed by atoms with Crippen LogP contribution in [-0.4, -0.2) is 52.9 Å². The Hall–Kier alpha value is -1.57. The molecule has 1 heterocycles. The molecular formula is C16H25BN2O4. The summed E-state index contributed by atoms with van der Waals surface area (Å²) < 4.78 is 5.38. The van der Waals surface area contributed by atoms with E-state index in [1.807, 2.05) is 32.9 Å². The topological polar surface area (TPSA) is 82.0 Å². The molecule has 1 aromatic carbocycles. The average molecular weight is 320 g/mol. The van der Waals surface area contributed by atoms with Gasteiger partial charge in [0.05, 0.1) is 0 Å². The first-order chi connectivity index (χ1) is 10.7. The van der Waals surface area contributed by atoms with Gasteiger partial charge in [-0.2, -0.15) is 0 Å². The standard InChI is InChI=1S/C16H25BN2O4/c1-16(2,3)23-15(20)19-9-8-14(11-19)18-10-12-4-6-13(7-5-12)17(21)22/h4-7,14,18,21-22H,8-11H2,1-3H3. The molecule has 1 aromatic rings. The van der Waals surface area contributed by atoms with E-state index in [2.05, 4.69) is 5.32 Å². The minimum atomic E-state index is -1.44. The van der Waals surface area contributed by atoms with E-state index in [-0.39, 0.29) is 12.1 Å². The molecule has 126 valence electrons. The Morgan fingerprint density at radius 3 is 2.57 bits per heavy atom. The summed E-state index contributed by atoms with van der Waals surface area (Å²) in [4.78, 5) is 13.7. The van der Waals surface area contributed by atoms with Crippen LogP contribution in [0.15, 0.2) is 24.3 Å². The molecular weight excluding hydrogens is 295 g/mol. The minimum absolute atomic E-state index is 0.241. The molecule has 0 aromatic heterocycles. The third-order valence-electron chi connectivity index (χ3n) is 3.71. The zero-order chi connectivity index (χ0) is 17.0. The number of hydrogen-bond acceptors (Lipinski definition) is 5. The highest BCUT2D eigenvalue weighted by molar-refractivity contribution is 6.58. The highest BCUT2D eigenvalue weighted by Gasteiger charge is 2.29. The lowest BCUT2D eigenvalue weighted by atomic mass is 9.80. The molecule has 1 unspecified atom stereocenters. The van der Waals surface area contributed by atoms with E-state index < -0.39 is 12.7 Å². The molecule has 0 bridgehead atoms. The number of ether oxygens (including phenoxy) is 1. The molecule has 1 amide bonds. The molecule has 0 saturated carbocycles. The molecule has 0 aliphatic carbocycles. The number of likely N-dealkylation sites (tertiary alicyclic amines) is 1. The zero-order valence-corrected chi connectivity index (χ0v) is 14.0. The fraction of sp³-hybridized carbons (Fsp3) is 0.562. The number of carbonyl (C=O) groups excluding carboxylic acids is 1. The lowest BCUT2D eigenvalue weighted by molar-refractivity contribution is 0.0291. The second-order valence-corrected chi connectivity index (χ2v) is 6.91. The van der Waals surface area contributed by atoms with Crippen LogP contribution < -0.4 is 10.8 Å². The van der Waals surface area contributed by atoms with E-state index in [4.69, 9.17) is 14.8 Å². The Kier molecular flexibility index (Phi) is 5.67. The molecule has 1 aliphatic heterocycles. The minimum Gasteiger partial charge on any atom is -0.444 e. The van der Waals surface area contributed by atoms with Gasteiger partial charge in [0.25, 0.3) is 0 Å². The van der Waals surface area contributed by atoms with Gasteiger partial charge in [-0.25, -0.2) is 4.79 Å². The van der Waals surface area contributed by atoms with Gasteiger partial charge in [0, 0.05) is 25.7 Å². The van der Waals surface area contributed by atoms with Gasteiger partial charge < -0.3 is 25.0 Å². The average Bonchev–Trinajstić information content (AvgIpc) is 2.93. The van der Waals surface area contributed by atoms with Gasteiger partial charge in [-0.3, -0.25) is 0 Å². The number of amides is 1. The summed E-state index contributed by atoms with van der Waals surface area (Å²) in [6.07, 6.45) is 0.634. The van der Waals surface area contributed by atoms with Gasteiger partial charge in [0.2, 0.25) is 0 Å². The van der Waals surface area contributed by atoms with Crippen molar-refractivity contribution in [2.45, 2.75) is 45.4 Å². The lowest BCUT2D eigenvalue weighted by Gasteiger charge is -2.24. The first kappa shape index (κ1) is 17.8. The maximum atomic E-state index is 12.0. The Bertz CT molecular complexity index is 528. The van der Waals surface area contributed by atoms with Crippen LogP contribution in [0.3, 0.4) is 0 Å². The fourth-order valence-electron chi connectivity index (χ4n) is 2.49. The molecule has 1 saturated heterocycles. The normalized spacial score (nSPS) is 18.1. The molecule has 2 rings (SSSR count). The number of carbonyl (C=O) groups is 1. The van der Waals surface area contributed by atoms with Gasteiger partial charge in [-0.1, -0.05) is 24.3 Å². The summed E-state index contributed by atoms with van der Waals surface area (Å²) in [6, 6.07) is 7.36. The van der Waals surface area contributed by atoms with Gasteiger partial charge in [-0.05, 0) is 38.2 Å². The van der Waals surface area contributed by atoms with Gasteiger partial charge in [-0.15, -0.1) is 0 Å². The molecule has 6 nitrogen and oxygen atoms in total. The van der Waals surface area contributed by atoms with Gasteiger partial charge in [0.1, 0.15) is 5.60 Å². The van der Waals surface area contributed by atoms with Crippen molar-refractivity contribution in [1.29, 1.82) is 0 Å². The monoisotopic (exact) mass is 320 g/mol. The third-order valence-corrected chi connectivity index (χ3v) is 3.71.